The number of nitrogens with zero attached hydrogens (tertiary/aromatic N) is 1. The first-order chi connectivity index (χ1) is 9.06. The summed E-state index contributed by atoms with van der Waals surface area (Å²) in [6, 6.07) is 9.31. The fourth-order valence-corrected chi connectivity index (χ4v) is 2.50. The number of hydrogen-bond acceptors (Lipinski definition) is 1. The van der Waals surface area contributed by atoms with Crippen LogP contribution in [0, 0.1) is 23.3 Å². The van der Waals surface area contributed by atoms with Crippen molar-refractivity contribution in [2.45, 2.75) is 6.92 Å². The highest BCUT2D eigenvalue weighted by Crippen LogP contribution is 2.22. The van der Waals surface area contributed by atoms with Crippen LogP contribution in [-0.2, 0) is 0 Å². The van der Waals surface area contributed by atoms with Gasteiger partial charge in [-0.15, -0.1) is 0 Å². The minimum atomic E-state index is -0.379. The van der Waals surface area contributed by atoms with Gasteiger partial charge in [-0.05, 0) is 55.0 Å². The van der Waals surface area contributed by atoms with Crippen molar-refractivity contribution < 1.29 is 8.78 Å². The number of nitrogens with one attached hydrogen (secondary N) is 1. The topological polar surface area (TPSA) is 20.7 Å². The maximum atomic E-state index is 13.7. The number of rotatable bonds is 1. The highest BCUT2D eigenvalue weighted by Gasteiger charge is 2.10. The molecule has 0 spiro atoms. The van der Waals surface area contributed by atoms with Crippen molar-refractivity contribution in [3.8, 4) is 5.69 Å². The smallest absolute Gasteiger partial charge is 0.182 e. The van der Waals surface area contributed by atoms with Gasteiger partial charge < -0.3 is 4.98 Å². The molecule has 5 heteroatoms. The molecule has 0 aliphatic rings. The second kappa shape index (κ2) is 4.28. The van der Waals surface area contributed by atoms with Crippen LogP contribution in [0.3, 0.4) is 0 Å². The lowest BCUT2D eigenvalue weighted by Crippen LogP contribution is -1.95. The van der Waals surface area contributed by atoms with Gasteiger partial charge in [-0.3, -0.25) is 4.57 Å². The average molecular weight is 276 g/mol. The van der Waals surface area contributed by atoms with Gasteiger partial charge in [0.15, 0.2) is 4.77 Å². The number of benzene rings is 2. The van der Waals surface area contributed by atoms with E-state index in [1.165, 1.54) is 18.2 Å². The van der Waals surface area contributed by atoms with Crippen molar-refractivity contribution >= 4 is 23.3 Å². The molecule has 3 rings (SSSR count). The zero-order valence-electron chi connectivity index (χ0n) is 10.1. The normalized spacial score (nSPS) is 11.1. The van der Waals surface area contributed by atoms with Gasteiger partial charge in [0.1, 0.15) is 17.2 Å². The van der Waals surface area contributed by atoms with E-state index in [2.05, 4.69) is 4.98 Å². The second-order valence-electron chi connectivity index (χ2n) is 4.39. The molecule has 1 N–H and O–H groups in total. The van der Waals surface area contributed by atoms with Gasteiger partial charge in [0.2, 0.25) is 0 Å². The first-order valence-corrected chi connectivity index (χ1v) is 6.14. The van der Waals surface area contributed by atoms with Crippen LogP contribution in [0.5, 0.6) is 0 Å². The fourth-order valence-electron chi connectivity index (χ4n) is 2.20. The van der Waals surface area contributed by atoms with Gasteiger partial charge in [0.25, 0.3) is 0 Å². The molecule has 0 radical (unpaired) electrons. The zero-order valence-corrected chi connectivity index (χ0v) is 10.9. The van der Waals surface area contributed by atoms with Crippen molar-refractivity contribution in [2.75, 3.05) is 0 Å². The quantitative estimate of drug-likeness (QED) is 0.658. The molecule has 0 aliphatic carbocycles. The molecule has 0 saturated heterocycles. The van der Waals surface area contributed by atoms with Gasteiger partial charge in [0, 0.05) is 0 Å². The largest absolute Gasteiger partial charge is 0.328 e. The summed E-state index contributed by atoms with van der Waals surface area (Å²) >= 11 is 5.20. The first-order valence-electron chi connectivity index (χ1n) is 5.73. The van der Waals surface area contributed by atoms with Gasteiger partial charge in [-0.2, -0.15) is 0 Å². The SMILES string of the molecule is Cc1cc(F)cc(-n2c(=S)[nH]c3c(F)cccc32)c1. The van der Waals surface area contributed by atoms with Crippen LogP contribution in [0.1, 0.15) is 5.56 Å². The van der Waals surface area contributed by atoms with E-state index in [4.69, 9.17) is 12.2 Å². The monoisotopic (exact) mass is 276 g/mol. The van der Waals surface area contributed by atoms with Crippen LogP contribution in [0.2, 0.25) is 0 Å². The minimum Gasteiger partial charge on any atom is -0.328 e. The molecule has 19 heavy (non-hydrogen) atoms. The molecule has 1 aromatic heterocycles. The Morgan fingerprint density at radius 2 is 1.95 bits per heavy atom. The van der Waals surface area contributed by atoms with Crippen molar-refractivity contribution in [1.82, 2.24) is 9.55 Å². The van der Waals surface area contributed by atoms with E-state index in [-0.39, 0.29) is 11.6 Å². The Morgan fingerprint density at radius 3 is 2.68 bits per heavy atom. The van der Waals surface area contributed by atoms with E-state index in [1.807, 2.05) is 0 Å². The molecule has 0 aliphatic heterocycles. The molecule has 0 fully saturated rings. The van der Waals surface area contributed by atoms with Gasteiger partial charge in [0.05, 0.1) is 11.2 Å². The number of para-hydroxylation sites is 1. The number of aromatic nitrogens is 2. The van der Waals surface area contributed by atoms with Crippen LogP contribution >= 0.6 is 12.2 Å². The van der Waals surface area contributed by atoms with E-state index in [9.17, 15) is 8.78 Å². The number of imidazole rings is 1. The van der Waals surface area contributed by atoms with E-state index in [0.717, 1.165) is 5.56 Å². The Kier molecular flexibility index (Phi) is 2.71. The molecule has 0 bridgehead atoms. The molecule has 0 amide bonds. The summed E-state index contributed by atoms with van der Waals surface area (Å²) in [5.41, 5.74) is 2.28. The molecule has 0 saturated carbocycles. The van der Waals surface area contributed by atoms with E-state index >= 15 is 0 Å². The standard InChI is InChI=1S/C14H10F2N2S/c1-8-5-9(15)7-10(6-8)18-12-4-2-3-11(16)13(12)17-14(18)19/h2-7H,1H3,(H,17,19). The van der Waals surface area contributed by atoms with Crippen LogP contribution in [0.4, 0.5) is 8.78 Å². The van der Waals surface area contributed by atoms with Crippen LogP contribution < -0.4 is 0 Å². The molecular weight excluding hydrogens is 266 g/mol. The number of hydrogen-bond donors (Lipinski definition) is 1. The Morgan fingerprint density at radius 1 is 1.16 bits per heavy atom. The Balaban J connectivity index is 2.39. The lowest BCUT2D eigenvalue weighted by molar-refractivity contribution is 0.625. The second-order valence-corrected chi connectivity index (χ2v) is 4.77. The predicted molar refractivity (Wildman–Crippen MR) is 73.1 cm³/mol. The number of halogens is 2. The lowest BCUT2D eigenvalue weighted by Gasteiger charge is -2.06. The third-order valence-corrected chi connectivity index (χ3v) is 3.24. The molecular formula is C14H10F2N2S. The maximum Gasteiger partial charge on any atom is 0.182 e. The molecule has 0 unspecified atom stereocenters. The number of aromatic amines is 1. The maximum absolute atomic E-state index is 13.7. The minimum absolute atomic E-state index is 0.328. The van der Waals surface area contributed by atoms with E-state index in [0.29, 0.717) is 21.5 Å². The van der Waals surface area contributed by atoms with Crippen molar-refractivity contribution in [3.05, 3.63) is 58.4 Å². The third kappa shape index (κ3) is 1.96. The molecule has 2 nitrogen and oxygen atoms in total. The molecule has 2 aromatic carbocycles. The van der Waals surface area contributed by atoms with E-state index in [1.54, 1.807) is 29.7 Å². The van der Waals surface area contributed by atoms with Crippen molar-refractivity contribution in [3.63, 3.8) is 0 Å². The van der Waals surface area contributed by atoms with E-state index < -0.39 is 0 Å². The lowest BCUT2D eigenvalue weighted by atomic mass is 10.2. The summed E-state index contributed by atoms with van der Waals surface area (Å²) in [6.07, 6.45) is 0. The first kappa shape index (κ1) is 12.0. The van der Waals surface area contributed by atoms with Crippen molar-refractivity contribution in [1.29, 1.82) is 0 Å². The van der Waals surface area contributed by atoms with Crippen LogP contribution in [0.25, 0.3) is 16.7 Å². The highest BCUT2D eigenvalue weighted by molar-refractivity contribution is 7.71. The van der Waals surface area contributed by atoms with Gasteiger partial charge >= 0.3 is 0 Å². The molecule has 1 heterocycles. The summed E-state index contributed by atoms with van der Waals surface area (Å²) in [5.74, 6) is -0.724. The number of fused-ring (bicyclic) bond motifs is 1. The highest BCUT2D eigenvalue weighted by atomic mass is 32.1. The average Bonchev–Trinajstić information content (AvgIpc) is 2.65. The van der Waals surface area contributed by atoms with Gasteiger partial charge in [-0.1, -0.05) is 6.07 Å². The Labute approximate surface area is 113 Å². The van der Waals surface area contributed by atoms with Crippen LogP contribution in [0.15, 0.2) is 36.4 Å². The third-order valence-electron chi connectivity index (χ3n) is 2.95. The predicted octanol–water partition coefficient (Wildman–Crippen LogP) is 4.27. The fraction of sp³-hybridized carbons (Fsp3) is 0.0714. The van der Waals surface area contributed by atoms with Gasteiger partial charge in [-0.25, -0.2) is 8.78 Å². The zero-order chi connectivity index (χ0) is 13.6. The number of H-pyrrole nitrogens is 1. The summed E-state index contributed by atoms with van der Waals surface area (Å²) in [7, 11) is 0. The molecule has 3 aromatic rings. The number of aryl methyl sites for hydroxylation is 1. The van der Waals surface area contributed by atoms with Crippen molar-refractivity contribution in [2.24, 2.45) is 0 Å². The summed E-state index contributed by atoms with van der Waals surface area (Å²) in [4.78, 5) is 2.81. The molecule has 0 atom stereocenters. The summed E-state index contributed by atoms with van der Waals surface area (Å²) in [6.45, 7) is 1.80. The molecule has 96 valence electrons. The summed E-state index contributed by atoms with van der Waals surface area (Å²) < 4.78 is 29.2. The van der Waals surface area contributed by atoms with Crippen LogP contribution in [-0.4, -0.2) is 9.55 Å². The Hall–Kier alpha value is -2.01. The summed E-state index contributed by atoms with van der Waals surface area (Å²) in [5, 5.41) is 0. The Bertz CT molecular complexity index is 813.